The van der Waals surface area contributed by atoms with E-state index in [1.807, 2.05) is 18.2 Å². The molecule has 4 aromatic rings. The monoisotopic (exact) mass is 495 g/mol. The molecule has 0 saturated heterocycles. The van der Waals surface area contributed by atoms with Gasteiger partial charge < -0.3 is 0 Å². The van der Waals surface area contributed by atoms with Gasteiger partial charge in [0.15, 0.2) is 0 Å². The summed E-state index contributed by atoms with van der Waals surface area (Å²) in [6.07, 6.45) is 2.84. The first-order chi connectivity index (χ1) is 16.3. The molecule has 172 valence electrons. The van der Waals surface area contributed by atoms with Crippen LogP contribution >= 0.6 is 11.6 Å². The number of amides is 2. The molecule has 0 aliphatic heterocycles. The van der Waals surface area contributed by atoms with Gasteiger partial charge in [0.05, 0.1) is 28.1 Å². The van der Waals surface area contributed by atoms with Crippen LogP contribution in [0.5, 0.6) is 0 Å². The van der Waals surface area contributed by atoms with Crippen LogP contribution in [0.1, 0.15) is 20.8 Å². The number of hydrogen-bond acceptors (Lipinski definition) is 5. The number of hydrogen-bond donors (Lipinski definition) is 3. The average Bonchev–Trinajstić information content (AvgIpc) is 3.34. The molecule has 4 rings (SSSR count). The fraction of sp³-hybridized carbons (Fsp3) is 0. The Kier molecular flexibility index (Phi) is 6.62. The number of aromatic nitrogens is 2. The second-order valence-electron chi connectivity index (χ2n) is 7.01. The molecular weight excluding hydrogens is 478 g/mol. The lowest BCUT2D eigenvalue weighted by Gasteiger charge is -2.12. The standard InChI is InChI=1S/C23H18ClN5O4S/c24-19-11-4-5-12-20(19)28-34(32,33)18-10-6-7-16(13-18)22(30)26-27-23(31)21-14-25-15-29(21)17-8-2-1-3-9-17/h1-15,28H,(H,26,30)(H,27,31). The number of para-hydroxylation sites is 2. The summed E-state index contributed by atoms with van der Waals surface area (Å²) >= 11 is 6.03. The molecule has 11 heteroatoms. The number of anilines is 1. The van der Waals surface area contributed by atoms with Crippen molar-refractivity contribution >= 4 is 39.1 Å². The molecule has 3 aromatic carbocycles. The first kappa shape index (κ1) is 23.0. The highest BCUT2D eigenvalue weighted by atomic mass is 35.5. The van der Waals surface area contributed by atoms with Gasteiger partial charge in [-0.15, -0.1) is 0 Å². The lowest BCUT2D eigenvalue weighted by atomic mass is 10.2. The minimum Gasteiger partial charge on any atom is -0.295 e. The van der Waals surface area contributed by atoms with Gasteiger partial charge in [-0.25, -0.2) is 13.4 Å². The summed E-state index contributed by atoms with van der Waals surface area (Å²) in [5.74, 6) is -1.30. The molecule has 0 bridgehead atoms. The second-order valence-corrected chi connectivity index (χ2v) is 9.10. The Balaban J connectivity index is 1.46. The molecule has 0 atom stereocenters. The molecule has 0 aliphatic carbocycles. The van der Waals surface area contributed by atoms with E-state index in [4.69, 9.17) is 11.6 Å². The van der Waals surface area contributed by atoms with Crippen LogP contribution in [0.2, 0.25) is 5.02 Å². The highest BCUT2D eigenvalue weighted by molar-refractivity contribution is 7.92. The molecule has 0 unspecified atom stereocenters. The fourth-order valence-electron chi connectivity index (χ4n) is 3.06. The van der Waals surface area contributed by atoms with Gasteiger partial charge in [-0.2, -0.15) is 0 Å². The van der Waals surface area contributed by atoms with Crippen molar-refractivity contribution in [2.45, 2.75) is 4.90 Å². The van der Waals surface area contributed by atoms with Crippen LogP contribution in [-0.2, 0) is 10.0 Å². The Morgan fingerprint density at radius 3 is 2.32 bits per heavy atom. The van der Waals surface area contributed by atoms with E-state index in [0.29, 0.717) is 0 Å². The van der Waals surface area contributed by atoms with E-state index in [0.717, 1.165) is 5.69 Å². The lowest BCUT2D eigenvalue weighted by Crippen LogP contribution is -2.42. The number of hydrazine groups is 1. The smallest absolute Gasteiger partial charge is 0.288 e. The third-order valence-corrected chi connectivity index (χ3v) is 6.41. The van der Waals surface area contributed by atoms with E-state index < -0.39 is 21.8 Å². The first-order valence-corrected chi connectivity index (χ1v) is 11.8. The molecule has 0 fully saturated rings. The number of rotatable bonds is 6. The number of imidazole rings is 1. The molecule has 3 N–H and O–H groups in total. The lowest BCUT2D eigenvalue weighted by molar-refractivity contribution is 0.0842. The summed E-state index contributed by atoms with van der Waals surface area (Å²) in [7, 11) is -4.01. The van der Waals surface area contributed by atoms with Gasteiger partial charge in [-0.1, -0.05) is 48.0 Å². The van der Waals surface area contributed by atoms with Crippen LogP contribution in [0.25, 0.3) is 5.69 Å². The summed E-state index contributed by atoms with van der Waals surface area (Å²) in [4.78, 5) is 29.0. The summed E-state index contributed by atoms with van der Waals surface area (Å²) < 4.78 is 29.4. The maximum absolute atomic E-state index is 12.7. The van der Waals surface area contributed by atoms with Crippen LogP contribution < -0.4 is 15.6 Å². The Labute approximate surface area is 200 Å². The normalized spacial score (nSPS) is 11.0. The Morgan fingerprint density at radius 1 is 0.853 bits per heavy atom. The summed E-state index contributed by atoms with van der Waals surface area (Å²) in [6.45, 7) is 0. The number of carbonyl (C=O) groups is 2. The number of benzene rings is 3. The number of halogens is 1. The number of sulfonamides is 1. The van der Waals surface area contributed by atoms with Crippen LogP contribution in [0, 0.1) is 0 Å². The molecule has 9 nitrogen and oxygen atoms in total. The predicted octanol–water partition coefficient (Wildman–Crippen LogP) is 3.40. The molecule has 1 heterocycles. The minimum atomic E-state index is -4.01. The molecule has 2 amide bonds. The Bertz CT molecular complexity index is 1450. The zero-order chi connectivity index (χ0) is 24.1. The van der Waals surface area contributed by atoms with Crippen LogP contribution in [0.4, 0.5) is 5.69 Å². The molecule has 1 aromatic heterocycles. The van der Waals surface area contributed by atoms with Gasteiger partial charge in [0.2, 0.25) is 0 Å². The van der Waals surface area contributed by atoms with E-state index in [1.54, 1.807) is 34.9 Å². The van der Waals surface area contributed by atoms with E-state index in [1.165, 1.54) is 42.9 Å². The van der Waals surface area contributed by atoms with Gasteiger partial charge in [0, 0.05) is 11.3 Å². The highest BCUT2D eigenvalue weighted by Crippen LogP contribution is 2.24. The van der Waals surface area contributed by atoms with Crippen molar-refractivity contribution < 1.29 is 18.0 Å². The van der Waals surface area contributed by atoms with Gasteiger partial charge in [-0.05, 0) is 42.5 Å². The van der Waals surface area contributed by atoms with E-state index in [9.17, 15) is 18.0 Å². The average molecular weight is 496 g/mol. The summed E-state index contributed by atoms with van der Waals surface area (Å²) in [5.41, 5.74) is 5.76. The molecule has 0 spiro atoms. The third kappa shape index (κ3) is 5.08. The topological polar surface area (TPSA) is 122 Å². The molecule has 0 saturated carbocycles. The van der Waals surface area contributed by atoms with Crippen molar-refractivity contribution in [2.24, 2.45) is 0 Å². The number of nitrogens with one attached hydrogen (secondary N) is 3. The van der Waals surface area contributed by atoms with Gasteiger partial charge in [-0.3, -0.25) is 29.7 Å². The SMILES string of the molecule is O=C(NNC(=O)c1cncn1-c1ccccc1)c1cccc(S(=O)(=O)Nc2ccccc2Cl)c1. The van der Waals surface area contributed by atoms with Crippen LogP contribution in [0.15, 0.2) is 96.3 Å². The third-order valence-electron chi connectivity index (χ3n) is 4.72. The van der Waals surface area contributed by atoms with Gasteiger partial charge in [0.1, 0.15) is 5.69 Å². The summed E-state index contributed by atoms with van der Waals surface area (Å²) in [5, 5.41) is 0.234. The van der Waals surface area contributed by atoms with E-state index in [2.05, 4.69) is 20.6 Å². The van der Waals surface area contributed by atoms with E-state index >= 15 is 0 Å². The van der Waals surface area contributed by atoms with Crippen molar-refractivity contribution in [1.82, 2.24) is 20.4 Å². The van der Waals surface area contributed by atoms with Crippen molar-refractivity contribution in [2.75, 3.05) is 4.72 Å². The van der Waals surface area contributed by atoms with Gasteiger partial charge >= 0.3 is 0 Å². The zero-order valence-corrected chi connectivity index (χ0v) is 19.0. The Hall–Kier alpha value is -4.15. The highest BCUT2D eigenvalue weighted by Gasteiger charge is 2.19. The largest absolute Gasteiger partial charge is 0.295 e. The van der Waals surface area contributed by atoms with Crippen LogP contribution in [0.3, 0.4) is 0 Å². The van der Waals surface area contributed by atoms with Crippen LogP contribution in [-0.4, -0.2) is 29.8 Å². The molecule has 0 radical (unpaired) electrons. The van der Waals surface area contributed by atoms with Crippen molar-refractivity contribution in [3.8, 4) is 5.69 Å². The number of carbonyl (C=O) groups excluding carboxylic acids is 2. The molecule has 0 aliphatic rings. The quantitative estimate of drug-likeness (QED) is 0.354. The second kappa shape index (κ2) is 9.77. The zero-order valence-electron chi connectivity index (χ0n) is 17.5. The van der Waals surface area contributed by atoms with Crippen molar-refractivity contribution in [3.05, 3.63) is 108 Å². The fourth-order valence-corrected chi connectivity index (χ4v) is 4.42. The van der Waals surface area contributed by atoms with Crippen molar-refractivity contribution in [1.29, 1.82) is 0 Å². The predicted molar refractivity (Wildman–Crippen MR) is 127 cm³/mol. The minimum absolute atomic E-state index is 0.0268. The maximum Gasteiger partial charge on any atom is 0.288 e. The maximum atomic E-state index is 12.7. The molecule has 34 heavy (non-hydrogen) atoms. The summed E-state index contributed by atoms with van der Waals surface area (Å²) in [6, 6.07) is 20.8. The van der Waals surface area contributed by atoms with Gasteiger partial charge in [0.25, 0.3) is 21.8 Å². The number of nitrogens with zero attached hydrogens (tertiary/aromatic N) is 2. The molecular formula is C23H18ClN5O4S. The first-order valence-electron chi connectivity index (χ1n) is 9.91. The Morgan fingerprint density at radius 2 is 1.56 bits per heavy atom. The van der Waals surface area contributed by atoms with E-state index in [-0.39, 0.29) is 26.9 Å². The van der Waals surface area contributed by atoms with Crippen molar-refractivity contribution in [3.63, 3.8) is 0 Å².